The molecule has 3 nitrogen and oxygen atoms in total. The third kappa shape index (κ3) is 4.14. The number of Topliss-reactive ketones (excluding diaryl/α,β-unsaturated/α-hetero) is 1. The fourth-order valence-electron chi connectivity index (χ4n) is 1.12. The van der Waals surface area contributed by atoms with Gasteiger partial charge in [0.05, 0.1) is 0 Å². The van der Waals surface area contributed by atoms with Crippen molar-refractivity contribution in [1.29, 1.82) is 0 Å². The molecule has 0 aromatic heterocycles. The molecule has 0 spiro atoms. The van der Waals surface area contributed by atoms with E-state index in [1.165, 1.54) is 0 Å². The Morgan fingerprint density at radius 2 is 2.29 bits per heavy atom. The van der Waals surface area contributed by atoms with Crippen LogP contribution >= 0.6 is 0 Å². The normalized spacial score (nSPS) is 19.9. The highest BCUT2D eigenvalue weighted by molar-refractivity contribution is 6.00. The molecule has 0 radical (unpaired) electrons. The van der Waals surface area contributed by atoms with Crippen molar-refractivity contribution >= 4 is 12.1 Å². The monoisotopic (exact) mass is 195 g/mol. The second-order valence-corrected chi connectivity index (χ2v) is 3.08. The van der Waals surface area contributed by atoms with Crippen LogP contribution in [0.1, 0.15) is 12.8 Å². The second kappa shape index (κ2) is 7.21. The van der Waals surface area contributed by atoms with Crippen molar-refractivity contribution < 1.29 is 9.59 Å². The second-order valence-electron chi connectivity index (χ2n) is 3.08. The molecule has 0 amide bonds. The van der Waals surface area contributed by atoms with E-state index < -0.39 is 0 Å². The molecule has 14 heavy (non-hydrogen) atoms. The Labute approximate surface area is 84.9 Å². The number of ketones is 1. The van der Waals surface area contributed by atoms with Gasteiger partial charge in [-0.25, -0.2) is 0 Å². The van der Waals surface area contributed by atoms with Crippen molar-refractivity contribution in [3.8, 4) is 0 Å². The van der Waals surface area contributed by atoms with Crippen molar-refractivity contribution in [2.75, 3.05) is 13.6 Å². The van der Waals surface area contributed by atoms with E-state index in [0.717, 1.165) is 12.8 Å². The fourth-order valence-corrected chi connectivity index (χ4v) is 1.12. The lowest BCUT2D eigenvalue weighted by Crippen LogP contribution is -2.02. The lowest BCUT2D eigenvalue weighted by atomic mass is 10.1. The van der Waals surface area contributed by atoms with Crippen LogP contribution in [0.4, 0.5) is 0 Å². The molecule has 1 atom stereocenters. The summed E-state index contributed by atoms with van der Waals surface area (Å²) < 4.78 is 0. The Morgan fingerprint density at radius 1 is 1.64 bits per heavy atom. The summed E-state index contributed by atoms with van der Waals surface area (Å²) in [6.45, 7) is 7.90. The molecular formula is C11H17NO2. The summed E-state index contributed by atoms with van der Waals surface area (Å²) in [5.41, 5.74) is 0.491. The molecule has 0 aromatic carbocycles. The van der Waals surface area contributed by atoms with Gasteiger partial charge in [0.15, 0.2) is 5.78 Å². The van der Waals surface area contributed by atoms with Crippen LogP contribution in [-0.2, 0) is 9.59 Å². The summed E-state index contributed by atoms with van der Waals surface area (Å²) in [6, 6.07) is 0. The van der Waals surface area contributed by atoms with Crippen molar-refractivity contribution in [3.05, 3.63) is 24.8 Å². The maximum absolute atomic E-state index is 10.7. The van der Waals surface area contributed by atoms with E-state index in [4.69, 9.17) is 0 Å². The minimum atomic E-state index is -0.183. The number of nitrogens with one attached hydrogen (secondary N) is 1. The molecule has 3 heteroatoms. The van der Waals surface area contributed by atoms with Crippen LogP contribution in [0.3, 0.4) is 0 Å². The number of allylic oxidation sites excluding steroid dienone is 1. The Morgan fingerprint density at radius 3 is 2.43 bits per heavy atom. The molecular weight excluding hydrogens is 178 g/mol. The van der Waals surface area contributed by atoms with Gasteiger partial charge in [-0.2, -0.15) is 0 Å². The SMILES string of the molecule is C=C1C(=O)CCC1C=O.C=CCNC. The molecule has 1 unspecified atom stereocenters. The average molecular weight is 195 g/mol. The molecule has 78 valence electrons. The van der Waals surface area contributed by atoms with E-state index in [0.29, 0.717) is 18.4 Å². The van der Waals surface area contributed by atoms with E-state index in [-0.39, 0.29) is 11.7 Å². The number of carbonyl (C=O) groups excluding carboxylic acids is 2. The van der Waals surface area contributed by atoms with Gasteiger partial charge in [-0.15, -0.1) is 6.58 Å². The van der Waals surface area contributed by atoms with Crippen LogP contribution in [-0.4, -0.2) is 25.7 Å². The number of likely N-dealkylation sites (N-methyl/N-ethyl adjacent to an activating group) is 1. The predicted molar refractivity (Wildman–Crippen MR) is 57.1 cm³/mol. The van der Waals surface area contributed by atoms with Crippen LogP contribution in [0.15, 0.2) is 24.8 Å². The van der Waals surface area contributed by atoms with E-state index in [1.807, 2.05) is 13.1 Å². The van der Waals surface area contributed by atoms with E-state index in [1.54, 1.807) is 0 Å². The topological polar surface area (TPSA) is 46.2 Å². The van der Waals surface area contributed by atoms with Gasteiger partial charge in [0, 0.05) is 18.9 Å². The Balaban J connectivity index is 0.000000292. The summed E-state index contributed by atoms with van der Waals surface area (Å²) in [5, 5.41) is 2.90. The van der Waals surface area contributed by atoms with E-state index in [9.17, 15) is 9.59 Å². The lowest BCUT2D eigenvalue weighted by molar-refractivity contribution is -0.115. The first-order valence-electron chi connectivity index (χ1n) is 4.60. The summed E-state index contributed by atoms with van der Waals surface area (Å²) in [6.07, 6.45) is 3.79. The first-order valence-corrected chi connectivity index (χ1v) is 4.60. The molecule has 0 heterocycles. The number of hydrogen-bond donors (Lipinski definition) is 1. The first-order chi connectivity index (χ1) is 6.67. The standard InChI is InChI=1S/C7H8O2.C4H9N/c1-5-6(4-8)2-3-7(5)9;1-3-4-5-2/h4,6H,1-3H2;3,5H,1,4H2,2H3. The highest BCUT2D eigenvalue weighted by Gasteiger charge is 2.25. The zero-order chi connectivity index (χ0) is 11.0. The average Bonchev–Trinajstić information content (AvgIpc) is 2.50. The van der Waals surface area contributed by atoms with Crippen molar-refractivity contribution in [2.45, 2.75) is 12.8 Å². The van der Waals surface area contributed by atoms with Crippen molar-refractivity contribution in [2.24, 2.45) is 5.92 Å². The van der Waals surface area contributed by atoms with Gasteiger partial charge in [0.2, 0.25) is 0 Å². The molecule has 0 saturated heterocycles. The van der Waals surface area contributed by atoms with Gasteiger partial charge in [-0.3, -0.25) is 4.79 Å². The quantitative estimate of drug-likeness (QED) is 0.417. The molecule has 0 aliphatic heterocycles. The lowest BCUT2D eigenvalue weighted by Gasteiger charge is -1.94. The summed E-state index contributed by atoms with van der Waals surface area (Å²) in [5.74, 6) is -0.135. The van der Waals surface area contributed by atoms with Gasteiger partial charge in [0.25, 0.3) is 0 Å². The number of aldehydes is 1. The maximum Gasteiger partial charge on any atom is 0.159 e. The van der Waals surface area contributed by atoms with Crippen LogP contribution in [0.25, 0.3) is 0 Å². The van der Waals surface area contributed by atoms with Crippen LogP contribution in [0.2, 0.25) is 0 Å². The highest BCUT2D eigenvalue weighted by Crippen LogP contribution is 2.23. The maximum atomic E-state index is 10.7. The molecule has 0 bridgehead atoms. The van der Waals surface area contributed by atoms with E-state index >= 15 is 0 Å². The van der Waals surface area contributed by atoms with E-state index in [2.05, 4.69) is 18.5 Å². The summed E-state index contributed by atoms with van der Waals surface area (Å²) in [4.78, 5) is 20.8. The van der Waals surface area contributed by atoms with Gasteiger partial charge < -0.3 is 10.1 Å². The summed E-state index contributed by atoms with van der Waals surface area (Å²) >= 11 is 0. The molecule has 1 N–H and O–H groups in total. The van der Waals surface area contributed by atoms with Gasteiger partial charge >= 0.3 is 0 Å². The smallest absolute Gasteiger partial charge is 0.159 e. The molecule has 1 fully saturated rings. The van der Waals surface area contributed by atoms with Crippen molar-refractivity contribution in [3.63, 3.8) is 0 Å². The molecule has 1 aliphatic carbocycles. The van der Waals surface area contributed by atoms with Gasteiger partial charge in [0.1, 0.15) is 6.29 Å². The third-order valence-corrected chi connectivity index (χ3v) is 2.00. The molecule has 1 aliphatic rings. The van der Waals surface area contributed by atoms with Crippen LogP contribution < -0.4 is 5.32 Å². The minimum Gasteiger partial charge on any atom is -0.316 e. The molecule has 0 aromatic rings. The molecule has 1 rings (SSSR count). The predicted octanol–water partition coefficient (Wildman–Crippen LogP) is 1.11. The fraction of sp³-hybridized carbons (Fsp3) is 0.455. The molecule has 1 saturated carbocycles. The van der Waals surface area contributed by atoms with Crippen LogP contribution in [0, 0.1) is 5.92 Å². The number of rotatable bonds is 3. The number of hydrogen-bond acceptors (Lipinski definition) is 3. The Bertz CT molecular complexity index is 233. The largest absolute Gasteiger partial charge is 0.316 e. The van der Waals surface area contributed by atoms with Crippen molar-refractivity contribution in [1.82, 2.24) is 5.32 Å². The zero-order valence-corrected chi connectivity index (χ0v) is 8.58. The number of carbonyl (C=O) groups is 2. The van der Waals surface area contributed by atoms with Crippen LogP contribution in [0.5, 0.6) is 0 Å². The minimum absolute atomic E-state index is 0.0482. The van der Waals surface area contributed by atoms with Gasteiger partial charge in [-0.1, -0.05) is 12.7 Å². The zero-order valence-electron chi connectivity index (χ0n) is 8.58. The third-order valence-electron chi connectivity index (χ3n) is 2.00. The first kappa shape index (κ1) is 12.8. The Hall–Kier alpha value is -1.22. The van der Waals surface area contributed by atoms with Gasteiger partial charge in [-0.05, 0) is 19.0 Å². The summed E-state index contributed by atoms with van der Waals surface area (Å²) in [7, 11) is 1.89. The highest BCUT2D eigenvalue weighted by atomic mass is 16.1. The Kier molecular flexibility index (Phi) is 6.58.